The quantitative estimate of drug-likeness (QED) is 0.607. The van der Waals surface area contributed by atoms with Gasteiger partial charge < -0.3 is 14.8 Å². The summed E-state index contributed by atoms with van der Waals surface area (Å²) in [5.41, 5.74) is 1.61. The molecule has 1 amide bonds. The van der Waals surface area contributed by atoms with Crippen LogP contribution in [0.4, 0.5) is 0 Å². The summed E-state index contributed by atoms with van der Waals surface area (Å²) >= 11 is 0. The first kappa shape index (κ1) is 23.9. The summed E-state index contributed by atoms with van der Waals surface area (Å²) in [5, 5.41) is 2.77. The van der Waals surface area contributed by atoms with Crippen LogP contribution in [0.3, 0.4) is 0 Å². The van der Waals surface area contributed by atoms with Crippen LogP contribution in [0, 0.1) is 6.92 Å². The summed E-state index contributed by atoms with van der Waals surface area (Å²) in [6, 6.07) is 13.8. The number of carbonyl (C=O) groups is 2. The zero-order chi connectivity index (χ0) is 23.1. The summed E-state index contributed by atoms with van der Waals surface area (Å²) < 4.78 is 37.9. The second-order valence-corrected chi connectivity index (χ2v) is 9.44. The number of nitrogens with zero attached hydrogens (tertiary/aromatic N) is 1. The lowest BCUT2D eigenvalue weighted by Crippen LogP contribution is -2.40. The van der Waals surface area contributed by atoms with Gasteiger partial charge in [-0.2, -0.15) is 4.31 Å². The van der Waals surface area contributed by atoms with E-state index in [4.69, 9.17) is 9.47 Å². The second kappa shape index (κ2) is 10.7. The molecule has 0 saturated carbocycles. The van der Waals surface area contributed by atoms with Gasteiger partial charge in [0.15, 0.2) is 6.10 Å². The maximum atomic E-state index is 12.9. The van der Waals surface area contributed by atoms with Gasteiger partial charge in [0, 0.05) is 19.6 Å². The fourth-order valence-electron chi connectivity index (χ4n) is 3.33. The highest BCUT2D eigenvalue weighted by molar-refractivity contribution is 7.89. The average Bonchev–Trinajstić information content (AvgIpc) is 2.82. The lowest BCUT2D eigenvalue weighted by atomic mass is 10.1. The minimum Gasteiger partial charge on any atom is -0.449 e. The summed E-state index contributed by atoms with van der Waals surface area (Å²) in [6.45, 7) is 4.93. The first-order valence-corrected chi connectivity index (χ1v) is 12.0. The van der Waals surface area contributed by atoms with E-state index in [2.05, 4.69) is 5.32 Å². The Morgan fingerprint density at radius 2 is 1.81 bits per heavy atom. The molecule has 1 aliphatic rings. The maximum Gasteiger partial charge on any atom is 0.339 e. The average molecular weight is 461 g/mol. The summed E-state index contributed by atoms with van der Waals surface area (Å²) in [5.74, 6) is -1.14. The molecule has 0 radical (unpaired) electrons. The normalized spacial score (nSPS) is 15.7. The molecule has 1 aliphatic heterocycles. The van der Waals surface area contributed by atoms with E-state index in [0.717, 1.165) is 5.56 Å². The first-order valence-electron chi connectivity index (χ1n) is 10.5. The zero-order valence-corrected chi connectivity index (χ0v) is 19.1. The van der Waals surface area contributed by atoms with Gasteiger partial charge >= 0.3 is 5.97 Å². The van der Waals surface area contributed by atoms with Crippen molar-refractivity contribution in [1.82, 2.24) is 9.62 Å². The highest BCUT2D eigenvalue weighted by atomic mass is 32.2. The Balaban J connectivity index is 1.71. The Bertz CT molecular complexity index is 1050. The van der Waals surface area contributed by atoms with Gasteiger partial charge in [0.25, 0.3) is 5.91 Å². The van der Waals surface area contributed by atoms with Crippen molar-refractivity contribution in [3.63, 3.8) is 0 Å². The van der Waals surface area contributed by atoms with Crippen LogP contribution in [0.1, 0.15) is 34.8 Å². The van der Waals surface area contributed by atoms with Gasteiger partial charge in [-0.3, -0.25) is 4.79 Å². The molecule has 0 bridgehead atoms. The van der Waals surface area contributed by atoms with E-state index in [0.29, 0.717) is 25.3 Å². The van der Waals surface area contributed by atoms with Crippen LogP contribution in [-0.4, -0.2) is 57.0 Å². The molecule has 0 spiro atoms. The summed E-state index contributed by atoms with van der Waals surface area (Å²) in [6.07, 6.45) is -0.693. The molecule has 9 heteroatoms. The molecular weight excluding hydrogens is 432 g/mol. The summed E-state index contributed by atoms with van der Waals surface area (Å²) in [7, 11) is -3.76. The molecule has 172 valence electrons. The van der Waals surface area contributed by atoms with Crippen molar-refractivity contribution in [2.75, 3.05) is 26.3 Å². The third-order valence-electron chi connectivity index (χ3n) is 5.26. The minimum absolute atomic E-state index is 0.0125. The van der Waals surface area contributed by atoms with Crippen molar-refractivity contribution in [2.24, 2.45) is 0 Å². The number of sulfonamides is 1. The molecule has 1 atom stereocenters. The zero-order valence-electron chi connectivity index (χ0n) is 18.2. The lowest BCUT2D eigenvalue weighted by Gasteiger charge is -2.26. The number of nitrogens with one attached hydrogen (secondary N) is 1. The summed E-state index contributed by atoms with van der Waals surface area (Å²) in [4.78, 5) is 25.4. The van der Waals surface area contributed by atoms with Crippen molar-refractivity contribution < 1.29 is 27.5 Å². The van der Waals surface area contributed by atoms with Crippen molar-refractivity contribution in [2.45, 2.75) is 37.8 Å². The van der Waals surface area contributed by atoms with Gasteiger partial charge in [-0.1, -0.05) is 43.3 Å². The van der Waals surface area contributed by atoms with E-state index < -0.39 is 28.0 Å². The van der Waals surface area contributed by atoms with Crippen LogP contribution < -0.4 is 5.32 Å². The van der Waals surface area contributed by atoms with Gasteiger partial charge in [-0.25, -0.2) is 13.2 Å². The topological polar surface area (TPSA) is 102 Å². The molecule has 8 nitrogen and oxygen atoms in total. The molecule has 1 saturated heterocycles. The van der Waals surface area contributed by atoms with Crippen molar-refractivity contribution >= 4 is 21.9 Å². The van der Waals surface area contributed by atoms with Gasteiger partial charge in [-0.15, -0.1) is 0 Å². The second-order valence-electron chi connectivity index (χ2n) is 7.50. The number of aryl methyl sites for hydroxylation is 1. The monoisotopic (exact) mass is 460 g/mol. The fourth-order valence-corrected chi connectivity index (χ4v) is 4.77. The molecule has 0 aliphatic carbocycles. The largest absolute Gasteiger partial charge is 0.449 e. The molecule has 1 N–H and O–H groups in total. The lowest BCUT2D eigenvalue weighted by molar-refractivity contribution is -0.130. The number of hydrogen-bond donors (Lipinski definition) is 1. The Morgan fingerprint density at radius 1 is 1.12 bits per heavy atom. The van der Waals surface area contributed by atoms with Crippen LogP contribution in [0.15, 0.2) is 53.4 Å². The molecule has 2 aromatic carbocycles. The number of amides is 1. The van der Waals surface area contributed by atoms with Gasteiger partial charge in [0.1, 0.15) is 0 Å². The van der Waals surface area contributed by atoms with E-state index in [-0.39, 0.29) is 30.0 Å². The van der Waals surface area contributed by atoms with E-state index in [1.165, 1.54) is 16.4 Å². The van der Waals surface area contributed by atoms with Gasteiger partial charge in [-0.05, 0) is 36.6 Å². The highest BCUT2D eigenvalue weighted by Crippen LogP contribution is 2.22. The van der Waals surface area contributed by atoms with E-state index in [1.807, 2.05) is 30.3 Å². The Hall–Kier alpha value is -2.75. The molecule has 0 aromatic heterocycles. The number of morpholine rings is 1. The van der Waals surface area contributed by atoms with Crippen LogP contribution in [0.2, 0.25) is 0 Å². The number of hydrogen-bond acceptors (Lipinski definition) is 6. The van der Waals surface area contributed by atoms with Crippen LogP contribution >= 0.6 is 0 Å². The van der Waals surface area contributed by atoms with E-state index in [9.17, 15) is 18.0 Å². The van der Waals surface area contributed by atoms with Crippen molar-refractivity contribution in [3.05, 3.63) is 65.2 Å². The minimum atomic E-state index is -3.76. The van der Waals surface area contributed by atoms with Gasteiger partial charge in [0.2, 0.25) is 10.0 Å². The molecule has 1 heterocycles. The highest BCUT2D eigenvalue weighted by Gasteiger charge is 2.28. The predicted octanol–water partition coefficient (Wildman–Crippen LogP) is 2.27. The number of carbonyl (C=O) groups excluding carboxylic acids is 2. The van der Waals surface area contributed by atoms with Gasteiger partial charge in [0.05, 0.1) is 23.7 Å². The van der Waals surface area contributed by atoms with E-state index >= 15 is 0 Å². The third kappa shape index (κ3) is 5.73. The fraction of sp³-hybridized carbons (Fsp3) is 0.391. The molecule has 2 aromatic rings. The number of ether oxygens (including phenoxy) is 2. The van der Waals surface area contributed by atoms with Crippen LogP contribution in [0.5, 0.6) is 0 Å². The first-order chi connectivity index (χ1) is 15.3. The number of rotatable bonds is 8. The van der Waals surface area contributed by atoms with Crippen molar-refractivity contribution in [1.29, 1.82) is 0 Å². The molecule has 3 rings (SSSR count). The Kier molecular flexibility index (Phi) is 8.00. The van der Waals surface area contributed by atoms with E-state index in [1.54, 1.807) is 19.9 Å². The maximum absolute atomic E-state index is 12.9. The Morgan fingerprint density at radius 3 is 2.47 bits per heavy atom. The number of esters is 1. The Labute approximate surface area is 188 Å². The smallest absolute Gasteiger partial charge is 0.339 e. The van der Waals surface area contributed by atoms with Crippen molar-refractivity contribution in [3.8, 4) is 0 Å². The van der Waals surface area contributed by atoms with Crippen LogP contribution in [0.25, 0.3) is 0 Å². The standard InChI is InChI=1S/C23H28N2O6S/c1-3-21(22(26)24-16-18-7-5-4-6-8-18)31-23(27)20-15-19(10-9-17(20)2)32(28,29)25-11-13-30-14-12-25/h4-10,15,21H,3,11-14,16H2,1-2H3,(H,24,26). The van der Waals surface area contributed by atoms with Crippen LogP contribution in [-0.2, 0) is 30.8 Å². The molecule has 1 fully saturated rings. The SMILES string of the molecule is CCC(OC(=O)c1cc(S(=O)(=O)N2CCOCC2)ccc1C)C(=O)NCc1ccccc1. The number of benzene rings is 2. The third-order valence-corrected chi connectivity index (χ3v) is 7.15. The predicted molar refractivity (Wildman–Crippen MR) is 119 cm³/mol. The molecular formula is C23H28N2O6S. The molecule has 32 heavy (non-hydrogen) atoms. The molecule has 1 unspecified atom stereocenters.